The number of hydrogen-bond acceptors (Lipinski definition) is 39. The van der Waals surface area contributed by atoms with Gasteiger partial charge >= 0.3 is 18.3 Å². The van der Waals surface area contributed by atoms with E-state index in [4.69, 9.17) is 102 Å². The summed E-state index contributed by atoms with van der Waals surface area (Å²) >= 11 is 0. The van der Waals surface area contributed by atoms with Crippen molar-refractivity contribution in [1.82, 2.24) is 31.9 Å². The zero-order valence-corrected chi connectivity index (χ0v) is 71.2. The van der Waals surface area contributed by atoms with Crippen molar-refractivity contribution in [3.05, 3.63) is 69.8 Å². The number of ether oxygens (including phenoxy) is 18. The largest absolute Gasteiger partial charge is 0.493 e. The third-order valence-electron chi connectivity index (χ3n) is 20.8. The Bertz CT molecular complexity index is 3360. The first-order chi connectivity index (χ1) is 60.8. The molecular formula is C81H129N9O36. The van der Waals surface area contributed by atoms with Crippen molar-refractivity contribution in [3.63, 3.8) is 0 Å². The summed E-state index contributed by atoms with van der Waals surface area (Å²) < 4.78 is 103. The van der Waals surface area contributed by atoms with Gasteiger partial charge in [-0.15, -0.1) is 0 Å². The highest BCUT2D eigenvalue weighted by atomic mass is 16.6. The Morgan fingerprint density at radius 1 is 0.325 bits per heavy atom. The average Bonchev–Trinajstić information content (AvgIpc) is 1.62. The van der Waals surface area contributed by atoms with E-state index in [0.29, 0.717) is 112 Å². The Morgan fingerprint density at radius 2 is 0.548 bits per heavy atom. The number of nitrogens with two attached hydrogens (primary N) is 3. The summed E-state index contributed by atoms with van der Waals surface area (Å²) in [6, 6.07) is 8.00. The minimum atomic E-state index is -1.74. The summed E-state index contributed by atoms with van der Waals surface area (Å²) in [6.07, 6.45) is -22.1. The number of methoxy groups -OCH3 is 3. The molecule has 45 heteroatoms. The van der Waals surface area contributed by atoms with Gasteiger partial charge in [-0.05, 0) is 166 Å². The van der Waals surface area contributed by atoms with Crippen LogP contribution >= 0.6 is 0 Å². The molecule has 6 amide bonds. The highest BCUT2D eigenvalue weighted by Gasteiger charge is 2.48. The SMILES string of the molecule is COc1cc2c(cc1OCCOCCOCCOC(=O)N[C@@H](CCCCN)C(=O)N[C@@H]1O[C@H](CO)[C@H](O)[C@H](O)[C@H]1O)Cc1cc(OC)c(OCCOCCOCCOC(=O)N[C@@H](CCCCN)C(=O)N[C@@H]3O[C@H](CO)[C@H](O)[C@H](O)[C@H]3O)cc1Cc1cc(OC)c(OCCOCCOCCOC(=O)N[C@@H](CCCCN)C(=O)N[C@@H]3O[C@H](CO)[C@H](O)[C@H](O)[C@H]3O)cc1C2. The van der Waals surface area contributed by atoms with E-state index < -0.39 is 166 Å². The highest BCUT2D eigenvalue weighted by molar-refractivity contribution is 5.87. The molecule has 0 aromatic heterocycles. The standard InChI is InChI=1S/C81H129N9O36/c1-109-55-37-46-34-50-41-59(119-29-23-113-17-20-116-26-32-122-80(107)86-53(11-5-8-14-83)74(104)89-77-71(101)68(98)65(95)62(44-92)125-77)57(111-3)39-48(50)36-51-42-60(120-30-24-114-18-21-117-27-33-123-81(108)87-54(12-6-9-15-84)75(105)90-78-72(102)69(99)66(96)63(45-93)126-78)56(110-2)38-47(51)35-49(46)40-58(55)118-28-22-112-16-19-115-25-31-121-79(106)85-52(10-4-7-13-82)73(103)88-76-70(100)67(97)64(94)61(43-91)124-76/h37-42,52-54,61-72,76-78,91-102H,4-36,43-45,82-84H2,1-3H3,(H,85,106)(H,86,107)(H,87,108)(H,88,103)(H,89,104)(H,90,105)/t52-,53-,54-,61+,62+,63+,64-,65-,66-,67-,68-,69-,70+,71+,72+,76+,77+,78+/m0/s1. The van der Waals surface area contributed by atoms with Gasteiger partial charge in [0.25, 0.3) is 0 Å². The molecule has 0 spiro atoms. The Hall–Kier alpha value is -8.28. The lowest BCUT2D eigenvalue weighted by molar-refractivity contribution is -0.236. The van der Waals surface area contributed by atoms with Gasteiger partial charge < -0.3 is 196 Å². The maximum atomic E-state index is 13.3. The first-order valence-corrected chi connectivity index (χ1v) is 42.0. The summed E-state index contributed by atoms with van der Waals surface area (Å²) in [7, 11) is 4.59. The van der Waals surface area contributed by atoms with Crippen LogP contribution in [0.3, 0.4) is 0 Å². The molecule has 45 nitrogen and oxygen atoms in total. The molecule has 4 aliphatic rings. The lowest BCUT2D eigenvalue weighted by Crippen LogP contribution is -2.64. The smallest absolute Gasteiger partial charge is 0.407 e. The molecule has 18 atom stereocenters. The van der Waals surface area contributed by atoms with E-state index in [1.54, 1.807) is 0 Å². The van der Waals surface area contributed by atoms with Crippen molar-refractivity contribution in [2.24, 2.45) is 17.2 Å². The number of rotatable bonds is 57. The Labute approximate surface area is 728 Å². The van der Waals surface area contributed by atoms with Gasteiger partial charge in [-0.25, -0.2) is 14.4 Å². The Kier molecular flexibility index (Phi) is 47.3. The number of aliphatic hydroxyl groups excluding tert-OH is 12. The maximum absolute atomic E-state index is 13.3. The number of nitrogens with one attached hydrogen (secondary N) is 6. The van der Waals surface area contributed by atoms with E-state index in [2.05, 4.69) is 31.9 Å². The third kappa shape index (κ3) is 33.3. The van der Waals surface area contributed by atoms with Crippen LogP contribution in [0, 0.1) is 0 Å². The van der Waals surface area contributed by atoms with Crippen LogP contribution in [0.4, 0.5) is 14.4 Å². The van der Waals surface area contributed by atoms with Gasteiger partial charge in [0.1, 0.15) is 131 Å². The minimum absolute atomic E-state index is 0.0298. The molecule has 3 heterocycles. The molecule has 714 valence electrons. The van der Waals surface area contributed by atoms with Crippen molar-refractivity contribution < 1.29 is 175 Å². The molecule has 3 aliphatic heterocycles. The zero-order valence-electron chi connectivity index (χ0n) is 71.2. The predicted octanol–water partition coefficient (Wildman–Crippen LogP) is -5.55. The molecule has 7 rings (SSSR count). The number of benzene rings is 3. The summed E-state index contributed by atoms with van der Waals surface area (Å²) in [6.45, 7) is -0.417. The van der Waals surface area contributed by atoms with Crippen LogP contribution in [0.5, 0.6) is 34.5 Å². The van der Waals surface area contributed by atoms with Crippen molar-refractivity contribution in [1.29, 1.82) is 0 Å². The summed E-state index contributed by atoms with van der Waals surface area (Å²) in [5.74, 6) is 0.261. The Morgan fingerprint density at radius 3 is 0.770 bits per heavy atom. The van der Waals surface area contributed by atoms with Gasteiger partial charge in [0.05, 0.1) is 120 Å². The van der Waals surface area contributed by atoms with Crippen molar-refractivity contribution in [3.8, 4) is 34.5 Å². The van der Waals surface area contributed by atoms with Crippen LogP contribution in [0.15, 0.2) is 36.4 Å². The number of unbranched alkanes of at least 4 members (excludes halogenated alkanes) is 3. The van der Waals surface area contributed by atoms with Gasteiger partial charge in [0.15, 0.2) is 53.2 Å². The molecule has 0 saturated carbocycles. The fraction of sp³-hybridized carbons (Fsp3) is 0.704. The first kappa shape index (κ1) is 105. The predicted molar refractivity (Wildman–Crippen MR) is 438 cm³/mol. The molecular weight excluding hydrogens is 1670 g/mol. The van der Waals surface area contributed by atoms with Gasteiger partial charge in [0.2, 0.25) is 17.7 Å². The summed E-state index contributed by atoms with van der Waals surface area (Å²) in [5, 5.41) is 136. The van der Waals surface area contributed by atoms with Crippen molar-refractivity contribution in [2.75, 3.05) is 180 Å². The van der Waals surface area contributed by atoms with Crippen LogP contribution < -0.4 is 77.5 Å². The van der Waals surface area contributed by atoms with E-state index in [0.717, 1.165) is 33.4 Å². The Balaban J connectivity index is 0.928. The second-order valence-electron chi connectivity index (χ2n) is 29.7. The molecule has 0 radical (unpaired) electrons. The van der Waals surface area contributed by atoms with Gasteiger partial charge in [-0.3, -0.25) is 14.4 Å². The number of carbonyl (C=O) groups excluding carboxylic acids is 6. The van der Waals surface area contributed by atoms with Crippen LogP contribution in [0.2, 0.25) is 0 Å². The van der Waals surface area contributed by atoms with E-state index in [1.807, 2.05) is 36.4 Å². The number of alkyl carbamates (subject to hydrolysis) is 3. The van der Waals surface area contributed by atoms with Crippen LogP contribution in [-0.2, 0) is 90.5 Å². The molecule has 3 fully saturated rings. The normalized spacial score (nSPS) is 23.4. The molecule has 3 aromatic carbocycles. The lowest BCUT2D eigenvalue weighted by Gasteiger charge is -2.40. The highest BCUT2D eigenvalue weighted by Crippen LogP contribution is 2.41. The van der Waals surface area contributed by atoms with Crippen LogP contribution in [-0.4, -0.2) is 387 Å². The van der Waals surface area contributed by atoms with Gasteiger partial charge in [-0.1, -0.05) is 0 Å². The quantitative estimate of drug-likeness (QED) is 0.0145. The summed E-state index contributed by atoms with van der Waals surface area (Å²) in [4.78, 5) is 78.4. The number of amides is 6. The molecule has 24 N–H and O–H groups in total. The van der Waals surface area contributed by atoms with Crippen LogP contribution in [0.25, 0.3) is 0 Å². The summed E-state index contributed by atoms with van der Waals surface area (Å²) in [5.41, 5.74) is 22.3. The van der Waals surface area contributed by atoms with Gasteiger partial charge in [0, 0.05) is 0 Å². The first-order valence-electron chi connectivity index (χ1n) is 42.0. The number of carbonyl (C=O) groups is 6. The second kappa shape index (κ2) is 56.9. The maximum Gasteiger partial charge on any atom is 0.407 e. The van der Waals surface area contributed by atoms with E-state index >= 15 is 0 Å². The number of fused-ring (bicyclic) bond motifs is 3. The van der Waals surface area contributed by atoms with E-state index in [9.17, 15) is 90.0 Å². The van der Waals surface area contributed by atoms with E-state index in [1.165, 1.54) is 21.3 Å². The fourth-order valence-electron chi connectivity index (χ4n) is 13.8. The molecule has 3 saturated heterocycles. The zero-order chi connectivity index (χ0) is 91.5. The lowest BCUT2D eigenvalue weighted by atomic mass is 9.94. The number of aliphatic hydroxyl groups is 12. The number of hydrogen-bond donors (Lipinski definition) is 21. The minimum Gasteiger partial charge on any atom is -0.493 e. The average molecular weight is 1800 g/mol. The topological polar surface area (TPSA) is 662 Å². The van der Waals surface area contributed by atoms with Gasteiger partial charge in [-0.2, -0.15) is 0 Å². The van der Waals surface area contributed by atoms with Crippen LogP contribution in [0.1, 0.15) is 91.2 Å². The molecule has 0 bridgehead atoms. The second-order valence-corrected chi connectivity index (χ2v) is 29.7. The molecule has 1 aliphatic carbocycles. The van der Waals surface area contributed by atoms with Crippen molar-refractivity contribution in [2.45, 2.75) is 187 Å². The van der Waals surface area contributed by atoms with E-state index in [-0.39, 0.29) is 138 Å². The van der Waals surface area contributed by atoms with Crippen molar-refractivity contribution >= 4 is 36.0 Å². The monoisotopic (exact) mass is 1800 g/mol. The molecule has 0 unspecified atom stereocenters. The molecule has 3 aromatic rings. The third-order valence-corrected chi connectivity index (χ3v) is 20.8. The fourth-order valence-corrected chi connectivity index (χ4v) is 13.8. The molecule has 126 heavy (non-hydrogen) atoms.